The minimum Gasteiger partial charge on any atom is -0.481 e. The monoisotopic (exact) mass is 273 g/mol. The van der Waals surface area contributed by atoms with Gasteiger partial charge in [-0.1, -0.05) is 20.8 Å². The standard InChI is InChI=1S/C14H27NO4/c1-10(2)5-12(7-14(17)18)8-15-13(16)6-11(3)9-19-4/h10-12H,5-9H2,1-4H3,(H,15,16)(H,17,18). The van der Waals surface area contributed by atoms with Crippen molar-refractivity contribution in [2.24, 2.45) is 17.8 Å². The molecule has 0 aliphatic rings. The van der Waals surface area contributed by atoms with E-state index in [0.29, 0.717) is 25.5 Å². The van der Waals surface area contributed by atoms with E-state index in [9.17, 15) is 9.59 Å². The maximum absolute atomic E-state index is 11.7. The minimum absolute atomic E-state index is 0.000758. The van der Waals surface area contributed by atoms with Gasteiger partial charge in [0.25, 0.3) is 0 Å². The first-order chi connectivity index (χ1) is 8.85. The van der Waals surface area contributed by atoms with Crippen molar-refractivity contribution in [3.63, 3.8) is 0 Å². The van der Waals surface area contributed by atoms with Crippen LogP contribution in [0, 0.1) is 17.8 Å². The normalized spacial score (nSPS) is 14.2. The summed E-state index contributed by atoms with van der Waals surface area (Å²) in [6.45, 7) is 7.04. The maximum Gasteiger partial charge on any atom is 0.303 e. The summed E-state index contributed by atoms with van der Waals surface area (Å²) in [4.78, 5) is 22.5. The van der Waals surface area contributed by atoms with Crippen LogP contribution in [0.4, 0.5) is 0 Å². The topological polar surface area (TPSA) is 75.6 Å². The molecule has 1 amide bonds. The van der Waals surface area contributed by atoms with Gasteiger partial charge in [0.2, 0.25) is 5.91 Å². The average molecular weight is 273 g/mol. The predicted molar refractivity (Wildman–Crippen MR) is 73.9 cm³/mol. The summed E-state index contributed by atoms with van der Waals surface area (Å²) < 4.78 is 4.98. The fourth-order valence-corrected chi connectivity index (χ4v) is 2.14. The van der Waals surface area contributed by atoms with Crippen LogP contribution in [0.25, 0.3) is 0 Å². The summed E-state index contributed by atoms with van der Waals surface area (Å²) >= 11 is 0. The van der Waals surface area contributed by atoms with Gasteiger partial charge in [0, 0.05) is 33.1 Å². The van der Waals surface area contributed by atoms with Crippen molar-refractivity contribution in [1.29, 1.82) is 0 Å². The quantitative estimate of drug-likeness (QED) is 0.637. The van der Waals surface area contributed by atoms with Crippen LogP contribution >= 0.6 is 0 Å². The van der Waals surface area contributed by atoms with Gasteiger partial charge in [-0.25, -0.2) is 0 Å². The predicted octanol–water partition coefficient (Wildman–Crippen LogP) is 1.91. The summed E-state index contributed by atoms with van der Waals surface area (Å²) in [7, 11) is 1.61. The summed E-state index contributed by atoms with van der Waals surface area (Å²) in [5, 5.41) is 11.7. The molecule has 0 aromatic carbocycles. The van der Waals surface area contributed by atoms with E-state index < -0.39 is 5.97 Å². The first-order valence-corrected chi connectivity index (χ1v) is 6.82. The lowest BCUT2D eigenvalue weighted by Gasteiger charge is -2.18. The third kappa shape index (κ3) is 10.5. The number of nitrogens with one attached hydrogen (secondary N) is 1. The zero-order chi connectivity index (χ0) is 14.8. The Morgan fingerprint density at radius 1 is 1.21 bits per heavy atom. The minimum atomic E-state index is -0.812. The number of hydrogen-bond acceptors (Lipinski definition) is 3. The Kier molecular flexibility index (Phi) is 9.21. The van der Waals surface area contributed by atoms with Crippen LogP contribution in [0.3, 0.4) is 0 Å². The molecule has 0 fully saturated rings. The highest BCUT2D eigenvalue weighted by Gasteiger charge is 2.16. The van der Waals surface area contributed by atoms with Gasteiger partial charge < -0.3 is 15.2 Å². The van der Waals surface area contributed by atoms with Gasteiger partial charge in [0.05, 0.1) is 0 Å². The van der Waals surface area contributed by atoms with Gasteiger partial charge in [-0.2, -0.15) is 0 Å². The fraction of sp³-hybridized carbons (Fsp3) is 0.857. The molecule has 2 atom stereocenters. The number of carbonyl (C=O) groups excluding carboxylic acids is 1. The number of aliphatic carboxylic acids is 1. The Morgan fingerprint density at radius 3 is 2.32 bits per heavy atom. The molecule has 0 aromatic heterocycles. The molecule has 5 heteroatoms. The van der Waals surface area contributed by atoms with Crippen LogP contribution in [0.2, 0.25) is 0 Å². The highest BCUT2D eigenvalue weighted by Crippen LogP contribution is 2.15. The SMILES string of the molecule is COCC(C)CC(=O)NCC(CC(=O)O)CC(C)C. The summed E-state index contributed by atoms with van der Waals surface area (Å²) in [5.74, 6) is -0.253. The number of carbonyl (C=O) groups is 2. The number of rotatable bonds is 10. The largest absolute Gasteiger partial charge is 0.481 e. The molecule has 0 spiro atoms. The molecule has 5 nitrogen and oxygen atoms in total. The lowest BCUT2D eigenvalue weighted by Crippen LogP contribution is -2.32. The van der Waals surface area contributed by atoms with E-state index in [2.05, 4.69) is 19.2 Å². The Morgan fingerprint density at radius 2 is 1.84 bits per heavy atom. The highest BCUT2D eigenvalue weighted by molar-refractivity contribution is 5.76. The van der Waals surface area contributed by atoms with E-state index in [1.54, 1.807) is 7.11 Å². The Hall–Kier alpha value is -1.10. The van der Waals surface area contributed by atoms with E-state index >= 15 is 0 Å². The molecule has 0 aliphatic carbocycles. The average Bonchev–Trinajstić information content (AvgIpc) is 2.24. The number of hydrogen-bond donors (Lipinski definition) is 2. The highest BCUT2D eigenvalue weighted by atomic mass is 16.5. The van der Waals surface area contributed by atoms with Gasteiger partial charge in [-0.15, -0.1) is 0 Å². The lowest BCUT2D eigenvalue weighted by molar-refractivity contribution is -0.138. The van der Waals surface area contributed by atoms with Gasteiger partial charge in [-0.3, -0.25) is 9.59 Å². The molecule has 0 rings (SSSR count). The molecule has 0 aliphatic heterocycles. The van der Waals surface area contributed by atoms with Crippen LogP contribution in [0.1, 0.15) is 40.0 Å². The maximum atomic E-state index is 11.7. The van der Waals surface area contributed by atoms with Crippen molar-refractivity contribution in [1.82, 2.24) is 5.32 Å². The van der Waals surface area contributed by atoms with Crippen LogP contribution in [-0.2, 0) is 14.3 Å². The number of methoxy groups -OCH3 is 1. The molecule has 2 N–H and O–H groups in total. The van der Waals surface area contributed by atoms with Gasteiger partial charge in [-0.05, 0) is 24.2 Å². The van der Waals surface area contributed by atoms with Crippen LogP contribution in [-0.4, -0.2) is 37.2 Å². The lowest BCUT2D eigenvalue weighted by atomic mass is 9.94. The smallest absolute Gasteiger partial charge is 0.303 e. The van der Waals surface area contributed by atoms with Gasteiger partial charge in [0.1, 0.15) is 0 Å². The van der Waals surface area contributed by atoms with Crippen molar-refractivity contribution in [2.75, 3.05) is 20.3 Å². The van der Waals surface area contributed by atoms with E-state index in [0.717, 1.165) is 6.42 Å². The van der Waals surface area contributed by atoms with Crippen molar-refractivity contribution >= 4 is 11.9 Å². The Labute approximate surface area is 115 Å². The molecule has 0 heterocycles. The molecule has 0 saturated carbocycles. The number of ether oxygens (including phenoxy) is 1. The third-order valence-electron chi connectivity index (χ3n) is 2.84. The number of carboxylic acids is 1. The number of carboxylic acid groups (broad SMARTS) is 1. The molecular weight excluding hydrogens is 246 g/mol. The molecule has 112 valence electrons. The van der Waals surface area contributed by atoms with E-state index in [-0.39, 0.29) is 24.2 Å². The molecule has 0 bridgehead atoms. The third-order valence-corrected chi connectivity index (χ3v) is 2.84. The zero-order valence-electron chi connectivity index (χ0n) is 12.4. The van der Waals surface area contributed by atoms with Gasteiger partial charge >= 0.3 is 5.97 Å². The zero-order valence-corrected chi connectivity index (χ0v) is 12.4. The van der Waals surface area contributed by atoms with Crippen LogP contribution < -0.4 is 5.32 Å². The molecule has 0 aromatic rings. The molecule has 0 radical (unpaired) electrons. The van der Waals surface area contributed by atoms with E-state index in [4.69, 9.17) is 9.84 Å². The van der Waals surface area contributed by atoms with Crippen LogP contribution in [0.15, 0.2) is 0 Å². The first kappa shape index (κ1) is 17.9. The molecule has 19 heavy (non-hydrogen) atoms. The van der Waals surface area contributed by atoms with Gasteiger partial charge in [0.15, 0.2) is 0 Å². The van der Waals surface area contributed by atoms with Crippen molar-refractivity contribution in [2.45, 2.75) is 40.0 Å². The molecular formula is C14H27NO4. The fourth-order valence-electron chi connectivity index (χ4n) is 2.14. The van der Waals surface area contributed by atoms with Crippen molar-refractivity contribution in [3.05, 3.63) is 0 Å². The van der Waals surface area contributed by atoms with Crippen LogP contribution in [0.5, 0.6) is 0 Å². The second-order valence-corrected chi connectivity index (χ2v) is 5.66. The van der Waals surface area contributed by atoms with Crippen molar-refractivity contribution < 1.29 is 19.4 Å². The summed E-state index contributed by atoms with van der Waals surface area (Å²) in [6.07, 6.45) is 1.32. The Balaban J connectivity index is 4.08. The van der Waals surface area contributed by atoms with E-state index in [1.165, 1.54) is 0 Å². The van der Waals surface area contributed by atoms with E-state index in [1.807, 2.05) is 6.92 Å². The number of amides is 1. The second-order valence-electron chi connectivity index (χ2n) is 5.66. The molecule has 0 saturated heterocycles. The summed E-state index contributed by atoms with van der Waals surface area (Å²) in [5.41, 5.74) is 0. The Bertz CT molecular complexity index is 279. The first-order valence-electron chi connectivity index (χ1n) is 6.82. The molecule has 2 unspecified atom stereocenters. The second kappa shape index (κ2) is 9.78. The van der Waals surface area contributed by atoms with Crippen molar-refractivity contribution in [3.8, 4) is 0 Å². The summed E-state index contributed by atoms with van der Waals surface area (Å²) in [6, 6.07) is 0.